The molecular weight excluding hydrogens is 744 g/mol. The topological polar surface area (TPSA) is 143 Å². The number of nitrogens with zero attached hydrogens (tertiary/aromatic N) is 5. The Bertz CT molecular complexity index is 2180. The third kappa shape index (κ3) is 6.69. The summed E-state index contributed by atoms with van der Waals surface area (Å²) in [6.07, 6.45) is 2.04. The molecular formula is C44H47ClN6O6. The number of nitrogens with one attached hydrogen (secondary N) is 1. The molecule has 3 aromatic rings. The fourth-order valence-corrected chi connectivity index (χ4v) is 10.8. The predicted octanol–water partition coefficient (Wildman–Crippen LogP) is 5.55. The van der Waals surface area contributed by atoms with Crippen LogP contribution in [0.5, 0.6) is 5.75 Å². The van der Waals surface area contributed by atoms with Gasteiger partial charge < -0.3 is 9.64 Å². The van der Waals surface area contributed by atoms with Gasteiger partial charge in [0.1, 0.15) is 24.0 Å². The number of likely N-dealkylation sites (tertiary alicyclic amines) is 1. The Morgan fingerprint density at radius 2 is 1.53 bits per heavy atom. The Morgan fingerprint density at radius 1 is 0.912 bits per heavy atom. The highest BCUT2D eigenvalue weighted by Crippen LogP contribution is 2.58. The summed E-state index contributed by atoms with van der Waals surface area (Å²) in [5, 5.41) is 11.8. The lowest BCUT2D eigenvalue weighted by Gasteiger charge is -2.65. The van der Waals surface area contributed by atoms with Crippen molar-refractivity contribution < 1.29 is 28.7 Å². The summed E-state index contributed by atoms with van der Waals surface area (Å²) in [7, 11) is 1.87. The number of fused-ring (bicyclic) bond motifs is 2. The van der Waals surface area contributed by atoms with Gasteiger partial charge in [-0.2, -0.15) is 5.26 Å². The molecule has 5 amide bonds. The summed E-state index contributed by atoms with van der Waals surface area (Å²) in [4.78, 5) is 72.4. The van der Waals surface area contributed by atoms with E-state index in [1.807, 2.05) is 48.3 Å². The Balaban J connectivity index is 0.834. The highest BCUT2D eigenvalue weighted by molar-refractivity contribution is 6.31. The fourth-order valence-electron chi connectivity index (χ4n) is 10.6. The molecule has 0 radical (unpaired) electrons. The highest BCUT2D eigenvalue weighted by Gasteiger charge is 2.65. The molecule has 4 aliphatic heterocycles. The van der Waals surface area contributed by atoms with Crippen LogP contribution in [-0.4, -0.2) is 93.5 Å². The van der Waals surface area contributed by atoms with Gasteiger partial charge in [-0.05, 0) is 85.4 Å². The van der Waals surface area contributed by atoms with Crippen molar-refractivity contribution in [3.05, 3.63) is 98.6 Å². The maximum Gasteiger partial charge on any atom is 0.262 e. The van der Waals surface area contributed by atoms with E-state index in [4.69, 9.17) is 16.3 Å². The summed E-state index contributed by atoms with van der Waals surface area (Å²) in [5.41, 5.74) is 4.23. The molecule has 0 spiro atoms. The molecule has 13 heteroatoms. The quantitative estimate of drug-likeness (QED) is 0.291. The lowest BCUT2D eigenvalue weighted by molar-refractivity contribution is -0.195. The van der Waals surface area contributed by atoms with Crippen molar-refractivity contribution in [2.75, 3.05) is 20.1 Å². The summed E-state index contributed by atoms with van der Waals surface area (Å²) in [6.45, 7) is 12.5. The second kappa shape index (κ2) is 14.4. The van der Waals surface area contributed by atoms with Crippen molar-refractivity contribution >= 4 is 41.1 Å². The van der Waals surface area contributed by atoms with Gasteiger partial charge in [0, 0.05) is 67.6 Å². The molecule has 12 nitrogen and oxygen atoms in total. The zero-order chi connectivity index (χ0) is 40.6. The number of rotatable bonds is 8. The third-order valence-corrected chi connectivity index (χ3v) is 13.3. The average molecular weight is 791 g/mol. The van der Waals surface area contributed by atoms with Crippen LogP contribution >= 0.6 is 11.6 Å². The Kier molecular flexibility index (Phi) is 9.78. The number of halogens is 1. The standard InChI is InChI=1S/C44H47ClN6O6/c1-43(2)41(44(3,4)42(43)57-31-11-10-27(21-46)34(45)20-31)48(5)38(54)26-8-6-25(7-9-26)22-49-16-14-30(15-17-49)50-23-28-18-32-33(19-29(28)24-50)40(56)51(39(32)55)35-12-13-36(52)47-37(35)53/h6-11,18-20,30,35,41-42H,12-17,22-24H2,1-5H3,(H,47,52,53). The molecule has 1 aliphatic carbocycles. The number of imide groups is 2. The van der Waals surface area contributed by atoms with E-state index < -0.39 is 29.7 Å². The first-order valence-electron chi connectivity index (χ1n) is 19.6. The maximum atomic E-state index is 13.8. The number of carbonyl (C=O) groups excluding carboxylic acids is 5. The molecule has 3 aromatic carbocycles. The minimum Gasteiger partial charge on any atom is -0.489 e. The summed E-state index contributed by atoms with van der Waals surface area (Å²) in [5.74, 6) is -1.37. The van der Waals surface area contributed by atoms with E-state index in [2.05, 4.69) is 48.9 Å². The Labute approximate surface area is 337 Å². The number of piperidine rings is 2. The molecule has 0 bridgehead atoms. The first-order valence-corrected chi connectivity index (χ1v) is 20.0. The van der Waals surface area contributed by atoms with Gasteiger partial charge in [0.25, 0.3) is 17.7 Å². The molecule has 1 N–H and O–H groups in total. The van der Waals surface area contributed by atoms with E-state index in [0.29, 0.717) is 52.2 Å². The van der Waals surface area contributed by atoms with Gasteiger partial charge in [-0.25, -0.2) is 0 Å². The fraction of sp³-hybridized carbons (Fsp3) is 0.455. The number of hydrogen-bond donors (Lipinski definition) is 1. The van der Waals surface area contributed by atoms with Crippen molar-refractivity contribution in [1.82, 2.24) is 24.9 Å². The van der Waals surface area contributed by atoms with E-state index in [1.54, 1.807) is 18.2 Å². The molecule has 4 heterocycles. The van der Waals surface area contributed by atoms with Crippen LogP contribution in [0.4, 0.5) is 0 Å². The van der Waals surface area contributed by atoms with Crippen LogP contribution in [0.25, 0.3) is 0 Å². The zero-order valence-electron chi connectivity index (χ0n) is 32.9. The van der Waals surface area contributed by atoms with E-state index in [1.165, 1.54) is 0 Å². The molecule has 57 heavy (non-hydrogen) atoms. The van der Waals surface area contributed by atoms with Gasteiger partial charge in [0.05, 0.1) is 21.7 Å². The number of carbonyl (C=O) groups is 5. The van der Waals surface area contributed by atoms with E-state index in [9.17, 15) is 29.2 Å². The Morgan fingerprint density at radius 3 is 2.09 bits per heavy atom. The number of benzene rings is 3. The molecule has 1 unspecified atom stereocenters. The number of nitriles is 1. The minimum atomic E-state index is -0.967. The Hall–Kier alpha value is -5.09. The molecule has 5 aliphatic rings. The third-order valence-electron chi connectivity index (χ3n) is 13.0. The largest absolute Gasteiger partial charge is 0.489 e. The molecule has 0 aromatic heterocycles. The lowest BCUT2D eigenvalue weighted by atomic mass is 9.49. The first kappa shape index (κ1) is 38.8. The molecule has 296 valence electrons. The van der Waals surface area contributed by atoms with Crippen LogP contribution in [0.1, 0.15) is 107 Å². The van der Waals surface area contributed by atoms with Crippen LogP contribution in [0, 0.1) is 22.2 Å². The van der Waals surface area contributed by atoms with Gasteiger partial charge >= 0.3 is 0 Å². The number of amides is 5. The van der Waals surface area contributed by atoms with Crippen LogP contribution in [0.15, 0.2) is 54.6 Å². The van der Waals surface area contributed by atoms with Crippen molar-refractivity contribution in [2.24, 2.45) is 10.8 Å². The van der Waals surface area contributed by atoms with Crippen LogP contribution < -0.4 is 10.1 Å². The van der Waals surface area contributed by atoms with Gasteiger partial charge in [0.2, 0.25) is 11.8 Å². The zero-order valence-corrected chi connectivity index (χ0v) is 33.7. The molecule has 8 rings (SSSR count). The normalized spacial score (nSPS) is 24.4. The minimum absolute atomic E-state index is 0.0365. The SMILES string of the molecule is CN(C(=O)c1ccc(CN2CCC(N3Cc4cc5c(cc4C3)C(=O)N(C3CCC(=O)NC3=O)C5=O)CC2)cc1)C1C(C)(C)C(Oc2ccc(C#N)c(Cl)c2)C1(C)C. The van der Waals surface area contributed by atoms with E-state index in [-0.39, 0.29) is 41.7 Å². The van der Waals surface area contributed by atoms with Gasteiger partial charge in [-0.15, -0.1) is 0 Å². The maximum absolute atomic E-state index is 13.8. The molecule has 3 fully saturated rings. The summed E-state index contributed by atoms with van der Waals surface area (Å²) < 4.78 is 6.43. The molecule has 1 atom stereocenters. The summed E-state index contributed by atoms with van der Waals surface area (Å²) >= 11 is 6.27. The van der Waals surface area contributed by atoms with Crippen molar-refractivity contribution in [3.63, 3.8) is 0 Å². The highest BCUT2D eigenvalue weighted by atomic mass is 35.5. The first-order chi connectivity index (χ1) is 27.1. The van der Waals surface area contributed by atoms with Crippen LogP contribution in [0.3, 0.4) is 0 Å². The average Bonchev–Trinajstić information content (AvgIpc) is 3.70. The predicted molar refractivity (Wildman–Crippen MR) is 211 cm³/mol. The van der Waals surface area contributed by atoms with Gasteiger partial charge in [-0.3, -0.25) is 44.0 Å². The summed E-state index contributed by atoms with van der Waals surface area (Å²) in [6, 6.07) is 18.1. The van der Waals surface area contributed by atoms with Gasteiger partial charge in [-0.1, -0.05) is 51.4 Å². The van der Waals surface area contributed by atoms with Crippen LogP contribution in [-0.2, 0) is 29.2 Å². The molecule has 2 saturated heterocycles. The lowest BCUT2D eigenvalue weighted by Crippen LogP contribution is -2.74. The van der Waals surface area contributed by atoms with Gasteiger partial charge in [0.15, 0.2) is 0 Å². The van der Waals surface area contributed by atoms with E-state index >= 15 is 0 Å². The van der Waals surface area contributed by atoms with Crippen molar-refractivity contribution in [3.8, 4) is 11.8 Å². The van der Waals surface area contributed by atoms with Crippen LogP contribution in [0.2, 0.25) is 5.02 Å². The molecule has 1 saturated carbocycles. The second-order valence-corrected chi connectivity index (χ2v) is 17.8. The van der Waals surface area contributed by atoms with Crippen molar-refractivity contribution in [2.45, 2.75) is 97.2 Å². The van der Waals surface area contributed by atoms with Crippen molar-refractivity contribution in [1.29, 1.82) is 5.26 Å². The van der Waals surface area contributed by atoms with E-state index in [0.717, 1.165) is 54.1 Å². The smallest absolute Gasteiger partial charge is 0.262 e. The second-order valence-electron chi connectivity index (χ2n) is 17.4. The number of ether oxygens (including phenoxy) is 1. The monoisotopic (exact) mass is 790 g/mol. The number of hydrogen-bond acceptors (Lipinski definition) is 9.